The van der Waals surface area contributed by atoms with Crippen LogP contribution in [0.5, 0.6) is 0 Å². The summed E-state index contributed by atoms with van der Waals surface area (Å²) in [4.78, 5) is 16.0. The smallest absolute Gasteiger partial charge is 0.261 e. The van der Waals surface area contributed by atoms with E-state index in [-0.39, 0.29) is 10.8 Å². The van der Waals surface area contributed by atoms with Crippen molar-refractivity contribution in [2.24, 2.45) is 0 Å². The van der Waals surface area contributed by atoms with Crippen molar-refractivity contribution in [1.29, 1.82) is 0 Å². The number of carbonyl (C=O) groups excluding carboxylic acids is 1. The second kappa shape index (κ2) is 7.89. The minimum absolute atomic E-state index is 0.112. The van der Waals surface area contributed by atoms with E-state index in [1.807, 2.05) is 24.4 Å². The molecule has 8 heteroatoms. The molecule has 1 aromatic heterocycles. The van der Waals surface area contributed by atoms with Crippen molar-refractivity contribution in [3.63, 3.8) is 0 Å². The van der Waals surface area contributed by atoms with E-state index in [0.717, 1.165) is 16.3 Å². The molecule has 0 radical (unpaired) electrons. The Morgan fingerprint density at radius 3 is 2.44 bits per heavy atom. The van der Waals surface area contributed by atoms with Crippen molar-refractivity contribution < 1.29 is 13.2 Å². The largest absolute Gasteiger partial charge is 0.326 e. The van der Waals surface area contributed by atoms with Gasteiger partial charge < -0.3 is 5.32 Å². The van der Waals surface area contributed by atoms with Crippen LogP contribution in [0.4, 0.5) is 11.4 Å². The first kappa shape index (κ1) is 19.1. The molecule has 140 valence electrons. The molecule has 1 heterocycles. The lowest BCUT2D eigenvalue weighted by Crippen LogP contribution is -2.14. The normalized spacial score (nSPS) is 11.2. The fraction of sp³-hybridized carbons (Fsp3) is 0.158. The maximum Gasteiger partial charge on any atom is 0.261 e. The van der Waals surface area contributed by atoms with Gasteiger partial charge in [-0.2, -0.15) is 0 Å². The fourth-order valence-corrected chi connectivity index (χ4v) is 4.15. The summed E-state index contributed by atoms with van der Waals surface area (Å²) in [5.41, 5.74) is 2.47. The Morgan fingerprint density at radius 2 is 1.81 bits per heavy atom. The number of aromatic nitrogens is 1. The zero-order valence-corrected chi connectivity index (χ0v) is 16.5. The van der Waals surface area contributed by atoms with E-state index in [0.29, 0.717) is 17.8 Å². The Labute approximate surface area is 162 Å². The minimum atomic E-state index is -3.77. The van der Waals surface area contributed by atoms with Gasteiger partial charge in [0.1, 0.15) is 0 Å². The molecule has 27 heavy (non-hydrogen) atoms. The number of anilines is 2. The maximum absolute atomic E-state index is 12.8. The lowest BCUT2D eigenvalue weighted by atomic mass is 10.1. The van der Waals surface area contributed by atoms with Crippen LogP contribution in [-0.2, 0) is 14.8 Å². The summed E-state index contributed by atoms with van der Waals surface area (Å²) in [7, 11) is -3.77. The number of nitrogens with zero attached hydrogens (tertiary/aromatic N) is 1. The number of amides is 1. The molecule has 0 fully saturated rings. The monoisotopic (exact) mass is 401 g/mol. The van der Waals surface area contributed by atoms with Gasteiger partial charge in [-0.25, -0.2) is 13.4 Å². The average molecular weight is 402 g/mol. The maximum atomic E-state index is 12.8. The lowest BCUT2D eigenvalue weighted by molar-refractivity contribution is -0.115. The van der Waals surface area contributed by atoms with E-state index >= 15 is 0 Å². The molecule has 0 unspecified atom stereocenters. The van der Waals surface area contributed by atoms with Crippen LogP contribution in [0.1, 0.15) is 18.4 Å². The summed E-state index contributed by atoms with van der Waals surface area (Å²) in [6.45, 7) is 3.65. The zero-order chi connectivity index (χ0) is 19.4. The molecular weight excluding hydrogens is 382 g/mol. The molecule has 0 saturated carbocycles. The zero-order valence-electron chi connectivity index (χ0n) is 14.9. The highest BCUT2D eigenvalue weighted by Gasteiger charge is 2.17. The van der Waals surface area contributed by atoms with Gasteiger partial charge in [-0.3, -0.25) is 9.52 Å². The molecule has 3 rings (SSSR count). The van der Waals surface area contributed by atoms with Crippen molar-refractivity contribution in [1.82, 2.24) is 4.98 Å². The Morgan fingerprint density at radius 1 is 1.11 bits per heavy atom. The number of hydrogen-bond acceptors (Lipinski definition) is 5. The van der Waals surface area contributed by atoms with E-state index in [1.54, 1.807) is 31.2 Å². The highest BCUT2D eigenvalue weighted by atomic mass is 32.2. The lowest BCUT2D eigenvalue weighted by Gasteiger charge is -2.12. The minimum Gasteiger partial charge on any atom is -0.326 e. The molecule has 3 aromatic rings. The van der Waals surface area contributed by atoms with Crippen molar-refractivity contribution in [3.05, 3.63) is 58.9 Å². The van der Waals surface area contributed by atoms with Gasteiger partial charge in [-0.1, -0.05) is 25.1 Å². The van der Waals surface area contributed by atoms with Crippen molar-refractivity contribution >= 4 is 38.6 Å². The quantitative estimate of drug-likeness (QED) is 0.646. The fourth-order valence-electron chi connectivity index (χ4n) is 2.45. The van der Waals surface area contributed by atoms with E-state index < -0.39 is 10.0 Å². The third-order valence-electron chi connectivity index (χ3n) is 3.84. The van der Waals surface area contributed by atoms with Crippen LogP contribution in [0.3, 0.4) is 0 Å². The van der Waals surface area contributed by atoms with Crippen LogP contribution in [0.15, 0.2) is 58.8 Å². The first-order valence-corrected chi connectivity index (χ1v) is 10.7. The number of hydrogen-bond donors (Lipinski definition) is 2. The summed E-state index contributed by atoms with van der Waals surface area (Å²) in [6.07, 6.45) is 0.356. The highest BCUT2D eigenvalue weighted by molar-refractivity contribution is 7.92. The van der Waals surface area contributed by atoms with Gasteiger partial charge in [-0.05, 0) is 37.3 Å². The molecule has 6 nitrogen and oxygen atoms in total. The SMILES string of the molecule is CCC(=O)Nc1ccc(S(=O)(=O)Nc2ccccc2-c2csc(C)n2)cc1. The van der Waals surface area contributed by atoms with Gasteiger partial charge in [-0.15, -0.1) is 11.3 Å². The van der Waals surface area contributed by atoms with E-state index in [2.05, 4.69) is 15.0 Å². The number of thiazole rings is 1. The number of aryl methyl sites for hydroxylation is 1. The van der Waals surface area contributed by atoms with Gasteiger partial charge in [0.15, 0.2) is 0 Å². The third kappa shape index (κ3) is 4.53. The Bertz CT molecular complexity index is 1060. The van der Waals surface area contributed by atoms with Crippen molar-refractivity contribution in [2.75, 3.05) is 10.0 Å². The number of sulfonamides is 1. The van der Waals surface area contributed by atoms with E-state index in [4.69, 9.17) is 0 Å². The van der Waals surface area contributed by atoms with Gasteiger partial charge >= 0.3 is 0 Å². The standard InChI is InChI=1S/C19H19N3O3S2/c1-3-19(23)21-14-8-10-15(11-9-14)27(24,25)22-17-7-5-4-6-16(17)18-12-26-13(2)20-18/h4-12,22H,3H2,1-2H3,(H,21,23). The number of carbonyl (C=O) groups is 1. The Kier molecular flexibility index (Phi) is 5.57. The number of nitrogens with one attached hydrogen (secondary N) is 2. The predicted molar refractivity (Wildman–Crippen MR) is 108 cm³/mol. The average Bonchev–Trinajstić information content (AvgIpc) is 3.08. The number of rotatable bonds is 6. The van der Waals surface area contributed by atoms with Gasteiger partial charge in [0.2, 0.25) is 5.91 Å². The van der Waals surface area contributed by atoms with Gasteiger partial charge in [0.05, 0.1) is 21.3 Å². The summed E-state index contributed by atoms with van der Waals surface area (Å²) in [6, 6.07) is 13.2. The Balaban J connectivity index is 1.86. The first-order chi connectivity index (χ1) is 12.9. The third-order valence-corrected chi connectivity index (χ3v) is 5.99. The Hall–Kier alpha value is -2.71. The molecule has 1 amide bonds. The highest BCUT2D eigenvalue weighted by Crippen LogP contribution is 2.30. The molecule has 2 aromatic carbocycles. The van der Waals surface area contributed by atoms with E-state index in [1.165, 1.54) is 23.5 Å². The van der Waals surface area contributed by atoms with Crippen molar-refractivity contribution in [3.8, 4) is 11.3 Å². The predicted octanol–water partition coefficient (Wildman–Crippen LogP) is 4.27. The van der Waals surface area contributed by atoms with Crippen LogP contribution in [0.25, 0.3) is 11.3 Å². The number of benzene rings is 2. The second-order valence-corrected chi connectivity index (χ2v) is 8.57. The summed E-state index contributed by atoms with van der Waals surface area (Å²) in [5.74, 6) is -0.129. The molecular formula is C19H19N3O3S2. The van der Waals surface area contributed by atoms with E-state index in [9.17, 15) is 13.2 Å². The molecule has 0 bridgehead atoms. The summed E-state index contributed by atoms with van der Waals surface area (Å²) < 4.78 is 28.2. The van der Waals surface area contributed by atoms with Gasteiger partial charge in [0.25, 0.3) is 10.0 Å². The van der Waals surface area contributed by atoms with Crippen LogP contribution < -0.4 is 10.0 Å². The molecule has 2 N–H and O–H groups in total. The molecule has 0 aliphatic carbocycles. The molecule has 0 atom stereocenters. The van der Waals surface area contributed by atoms with Crippen LogP contribution in [0.2, 0.25) is 0 Å². The molecule has 0 aliphatic rings. The number of para-hydroxylation sites is 1. The molecule has 0 saturated heterocycles. The van der Waals surface area contributed by atoms with Gasteiger partial charge in [0, 0.05) is 23.1 Å². The summed E-state index contributed by atoms with van der Waals surface area (Å²) >= 11 is 1.51. The molecule has 0 aliphatic heterocycles. The summed E-state index contributed by atoms with van der Waals surface area (Å²) in [5, 5.41) is 5.50. The topological polar surface area (TPSA) is 88.2 Å². The van der Waals surface area contributed by atoms with Crippen LogP contribution in [-0.4, -0.2) is 19.3 Å². The first-order valence-electron chi connectivity index (χ1n) is 8.33. The van der Waals surface area contributed by atoms with Crippen LogP contribution in [0, 0.1) is 6.92 Å². The second-order valence-electron chi connectivity index (χ2n) is 5.83. The molecule has 0 spiro atoms. The van der Waals surface area contributed by atoms with Crippen LogP contribution >= 0.6 is 11.3 Å². The van der Waals surface area contributed by atoms with Crippen molar-refractivity contribution in [2.45, 2.75) is 25.2 Å².